The molecule has 1 saturated heterocycles. The van der Waals surface area contributed by atoms with E-state index < -0.39 is 0 Å². The molecule has 51 valence electrons. The Hall–Kier alpha value is -0.180. The summed E-state index contributed by atoms with van der Waals surface area (Å²) in [5, 5.41) is 0. The van der Waals surface area contributed by atoms with Crippen LogP contribution in [-0.4, -0.2) is 29.0 Å². The minimum absolute atomic E-state index is 0.181. The smallest absolute Gasteiger partial charge is 0.223 e. The third-order valence-corrected chi connectivity index (χ3v) is 2.28. The van der Waals surface area contributed by atoms with E-state index in [1.807, 2.05) is 4.90 Å². The molecule has 3 heteroatoms. The molecule has 0 aromatic heterocycles. The Morgan fingerprint density at radius 2 is 2.56 bits per heavy atom. The normalized spacial score (nSPS) is 18.6. The minimum atomic E-state index is 0.181. The van der Waals surface area contributed by atoms with Crippen LogP contribution < -0.4 is 0 Å². The van der Waals surface area contributed by atoms with Gasteiger partial charge in [0.2, 0.25) is 5.91 Å². The molecular weight excluding hydrogens is 134 g/mol. The van der Waals surface area contributed by atoms with E-state index in [0.29, 0.717) is 6.42 Å². The van der Waals surface area contributed by atoms with E-state index in [9.17, 15) is 4.79 Å². The molecule has 0 aromatic carbocycles. The zero-order valence-electron chi connectivity index (χ0n) is 5.30. The summed E-state index contributed by atoms with van der Waals surface area (Å²) in [6, 6.07) is 0. The summed E-state index contributed by atoms with van der Waals surface area (Å²) in [4.78, 5) is 12.7. The molecule has 1 rings (SSSR count). The van der Waals surface area contributed by atoms with Crippen molar-refractivity contribution in [2.24, 2.45) is 0 Å². The summed E-state index contributed by atoms with van der Waals surface area (Å²) >= 11 is 1.80. The van der Waals surface area contributed by atoms with Crippen molar-refractivity contribution in [2.75, 3.05) is 18.2 Å². The Morgan fingerprint density at radius 3 is 3.00 bits per heavy atom. The van der Waals surface area contributed by atoms with E-state index in [-0.39, 0.29) is 5.91 Å². The van der Waals surface area contributed by atoms with Crippen molar-refractivity contribution < 1.29 is 4.79 Å². The number of carbonyl (C=O) groups excluding carboxylic acids is 1. The van der Waals surface area contributed by atoms with Crippen LogP contribution in [0.1, 0.15) is 6.42 Å². The third-order valence-electron chi connectivity index (χ3n) is 1.32. The average Bonchev–Trinajstić information content (AvgIpc) is 2.37. The van der Waals surface area contributed by atoms with Gasteiger partial charge in [-0.2, -0.15) is 0 Å². The molecule has 1 fully saturated rings. The summed E-state index contributed by atoms with van der Waals surface area (Å²) in [6.45, 7) is 4.45. The molecule has 0 saturated carbocycles. The number of rotatable bonds is 1. The molecule has 0 unspecified atom stereocenters. The van der Waals surface area contributed by atoms with Gasteiger partial charge in [-0.25, -0.2) is 0 Å². The highest BCUT2D eigenvalue weighted by Gasteiger charge is 2.15. The maximum Gasteiger partial charge on any atom is 0.223 e. The van der Waals surface area contributed by atoms with Crippen LogP contribution in [0.4, 0.5) is 0 Å². The predicted molar refractivity (Wildman–Crippen MR) is 39.0 cm³/mol. The molecule has 1 heterocycles. The van der Waals surface area contributed by atoms with Crippen LogP contribution in [0.5, 0.6) is 0 Å². The van der Waals surface area contributed by atoms with Crippen molar-refractivity contribution in [3.8, 4) is 0 Å². The van der Waals surface area contributed by atoms with Gasteiger partial charge in [0.15, 0.2) is 0 Å². The van der Waals surface area contributed by atoms with E-state index in [2.05, 4.69) is 6.92 Å². The van der Waals surface area contributed by atoms with Gasteiger partial charge in [-0.3, -0.25) is 4.79 Å². The Labute approximate surface area is 59.6 Å². The third kappa shape index (κ3) is 1.61. The van der Waals surface area contributed by atoms with E-state index in [1.54, 1.807) is 11.8 Å². The lowest BCUT2D eigenvalue weighted by molar-refractivity contribution is -0.128. The fourth-order valence-corrected chi connectivity index (χ4v) is 1.74. The van der Waals surface area contributed by atoms with Crippen molar-refractivity contribution in [1.29, 1.82) is 0 Å². The SMILES string of the molecule is [CH2]CC(=O)N1CCSC1. The van der Waals surface area contributed by atoms with Crippen molar-refractivity contribution in [1.82, 2.24) is 4.90 Å². The Bertz CT molecular complexity index is 110. The molecule has 9 heavy (non-hydrogen) atoms. The second-order valence-corrected chi connectivity index (χ2v) is 3.02. The molecule has 0 aromatic rings. The van der Waals surface area contributed by atoms with Crippen molar-refractivity contribution in [3.05, 3.63) is 6.92 Å². The van der Waals surface area contributed by atoms with Gasteiger partial charge in [0.05, 0.1) is 5.88 Å². The topological polar surface area (TPSA) is 20.3 Å². The highest BCUT2D eigenvalue weighted by atomic mass is 32.2. The van der Waals surface area contributed by atoms with Crippen LogP contribution in [0, 0.1) is 6.92 Å². The molecule has 0 atom stereocenters. The lowest BCUT2D eigenvalue weighted by Gasteiger charge is -2.11. The lowest BCUT2D eigenvalue weighted by Crippen LogP contribution is -2.26. The van der Waals surface area contributed by atoms with Crippen LogP contribution in [0.2, 0.25) is 0 Å². The molecule has 0 bridgehead atoms. The van der Waals surface area contributed by atoms with E-state index in [4.69, 9.17) is 0 Å². The van der Waals surface area contributed by atoms with Gasteiger partial charge in [-0.1, -0.05) is 0 Å². The molecule has 1 aliphatic heterocycles. The van der Waals surface area contributed by atoms with Gasteiger partial charge in [-0.05, 0) is 6.92 Å². The largest absolute Gasteiger partial charge is 0.333 e. The first kappa shape index (κ1) is 6.93. The molecular formula is C6H10NOS. The highest BCUT2D eigenvalue weighted by Crippen LogP contribution is 2.13. The summed E-state index contributed by atoms with van der Waals surface area (Å²) in [7, 11) is 0. The van der Waals surface area contributed by atoms with Crippen LogP contribution in [0.3, 0.4) is 0 Å². The number of amides is 1. The zero-order valence-corrected chi connectivity index (χ0v) is 6.12. The van der Waals surface area contributed by atoms with E-state index in [0.717, 1.165) is 18.2 Å². The number of nitrogens with zero attached hydrogens (tertiary/aromatic N) is 1. The first-order valence-corrected chi connectivity index (χ1v) is 4.15. The van der Waals surface area contributed by atoms with Crippen LogP contribution in [0.15, 0.2) is 0 Å². The van der Waals surface area contributed by atoms with E-state index >= 15 is 0 Å². The quantitative estimate of drug-likeness (QED) is 0.541. The fourth-order valence-electron chi connectivity index (χ4n) is 0.769. The lowest BCUT2D eigenvalue weighted by atomic mass is 10.4. The van der Waals surface area contributed by atoms with Gasteiger partial charge in [0.25, 0.3) is 0 Å². The summed E-state index contributed by atoms with van der Waals surface area (Å²) in [5.74, 6) is 2.14. The zero-order chi connectivity index (χ0) is 6.69. The van der Waals surface area contributed by atoms with Crippen molar-refractivity contribution in [2.45, 2.75) is 6.42 Å². The van der Waals surface area contributed by atoms with Gasteiger partial charge < -0.3 is 4.90 Å². The molecule has 1 aliphatic rings. The van der Waals surface area contributed by atoms with Crippen LogP contribution in [-0.2, 0) is 4.79 Å². The minimum Gasteiger partial charge on any atom is -0.333 e. The molecule has 0 aliphatic carbocycles. The molecule has 0 spiro atoms. The average molecular weight is 144 g/mol. The predicted octanol–water partition coefficient (Wildman–Crippen LogP) is 0.743. The second kappa shape index (κ2) is 3.11. The highest BCUT2D eigenvalue weighted by molar-refractivity contribution is 7.99. The fraction of sp³-hybridized carbons (Fsp3) is 0.667. The first-order chi connectivity index (χ1) is 4.34. The Balaban J connectivity index is 2.32. The summed E-state index contributed by atoms with van der Waals surface area (Å²) in [6.07, 6.45) is 0.403. The van der Waals surface area contributed by atoms with Gasteiger partial charge in [0.1, 0.15) is 0 Å². The first-order valence-electron chi connectivity index (χ1n) is 2.99. The van der Waals surface area contributed by atoms with Gasteiger partial charge in [0, 0.05) is 18.7 Å². The maximum absolute atomic E-state index is 10.9. The molecule has 1 amide bonds. The molecule has 1 radical (unpaired) electrons. The van der Waals surface area contributed by atoms with Crippen molar-refractivity contribution >= 4 is 17.7 Å². The van der Waals surface area contributed by atoms with Gasteiger partial charge >= 0.3 is 0 Å². The van der Waals surface area contributed by atoms with Crippen LogP contribution >= 0.6 is 11.8 Å². The summed E-state index contributed by atoms with van der Waals surface area (Å²) in [5.41, 5.74) is 0. The summed E-state index contributed by atoms with van der Waals surface area (Å²) < 4.78 is 0. The number of hydrogen-bond donors (Lipinski definition) is 0. The number of thioether (sulfide) groups is 1. The Kier molecular flexibility index (Phi) is 2.39. The van der Waals surface area contributed by atoms with Crippen LogP contribution in [0.25, 0.3) is 0 Å². The second-order valence-electron chi connectivity index (χ2n) is 1.94. The maximum atomic E-state index is 10.9. The monoisotopic (exact) mass is 144 g/mol. The standard InChI is InChI=1S/C6H10NOS/c1-2-6(8)7-3-4-9-5-7/h1-5H2. The van der Waals surface area contributed by atoms with Gasteiger partial charge in [-0.15, -0.1) is 11.8 Å². The number of hydrogen-bond acceptors (Lipinski definition) is 2. The number of carbonyl (C=O) groups is 1. The van der Waals surface area contributed by atoms with E-state index in [1.165, 1.54) is 0 Å². The molecule has 0 N–H and O–H groups in total. The molecule has 2 nitrogen and oxygen atoms in total. The Morgan fingerprint density at radius 1 is 1.78 bits per heavy atom. The van der Waals surface area contributed by atoms with Crippen molar-refractivity contribution in [3.63, 3.8) is 0 Å².